The molecule has 1 amide bonds. The minimum Gasteiger partial charge on any atom is -0.478 e. The molecule has 7 unspecified atom stereocenters. The van der Waals surface area contributed by atoms with Crippen molar-refractivity contribution in [1.29, 1.82) is 0 Å². The molecule has 5 aliphatic carbocycles. The number of benzene rings is 1. The number of carbonyl (C=O) groups excluding carboxylic acids is 1. The summed E-state index contributed by atoms with van der Waals surface area (Å²) in [7, 11) is 0. The average molecular weight is 614 g/mol. The van der Waals surface area contributed by atoms with E-state index in [4.69, 9.17) is 0 Å². The zero-order valence-electron chi connectivity index (χ0n) is 29.1. The molecule has 7 rings (SSSR count). The lowest BCUT2D eigenvalue weighted by Crippen LogP contribution is -2.65. The summed E-state index contributed by atoms with van der Waals surface area (Å²) in [5.74, 6) is 2.49. The van der Waals surface area contributed by atoms with E-state index in [9.17, 15) is 14.7 Å². The Morgan fingerprint density at radius 1 is 0.911 bits per heavy atom. The predicted octanol–water partition coefficient (Wildman–Crippen LogP) is 10.0. The van der Waals surface area contributed by atoms with Crippen LogP contribution in [0.4, 0.5) is 0 Å². The van der Waals surface area contributed by atoms with Gasteiger partial charge in [0.05, 0.1) is 5.56 Å². The fourth-order valence-corrected chi connectivity index (χ4v) is 13.1. The predicted molar refractivity (Wildman–Crippen MR) is 184 cm³/mol. The van der Waals surface area contributed by atoms with Crippen molar-refractivity contribution < 1.29 is 14.7 Å². The number of nitrogens with zero attached hydrogens (tertiary/aromatic N) is 1. The molecule has 1 aliphatic heterocycles. The minimum absolute atomic E-state index is 0.0479. The summed E-state index contributed by atoms with van der Waals surface area (Å²) in [5, 5.41) is 9.42. The summed E-state index contributed by atoms with van der Waals surface area (Å²) >= 11 is 0. The first-order valence-electron chi connectivity index (χ1n) is 18.2. The first-order chi connectivity index (χ1) is 21.3. The standard InChI is InChI=1S/C38H53NO3.C3H6/c1-34(2)27(25-10-12-26(13-11-25)33(41)42)16-19-35(3)30(34)17-20-37(5)31(35)15-14-28-29-8-6-18-38(29,22-21-36(28,37)4)24-39-23-7-9-32(39)40;1-3-2/h10-13,16,28-31H,6-9,14-15,17-24H2,1-5H3,(H,41,42);3H,1H2,2H3/t28?,29?,30?,31?,35?,36-,37?,38?;/m1./s1. The first-order valence-corrected chi connectivity index (χ1v) is 18.2. The molecule has 4 saturated carbocycles. The van der Waals surface area contributed by atoms with Crippen LogP contribution in [0.5, 0.6) is 0 Å². The number of allylic oxidation sites excluding steroid dienone is 3. The van der Waals surface area contributed by atoms with Gasteiger partial charge in [0.1, 0.15) is 0 Å². The van der Waals surface area contributed by atoms with Gasteiger partial charge in [-0.25, -0.2) is 4.79 Å². The highest BCUT2D eigenvalue weighted by molar-refractivity contribution is 5.88. The summed E-state index contributed by atoms with van der Waals surface area (Å²) in [6, 6.07) is 7.61. The smallest absolute Gasteiger partial charge is 0.335 e. The first kappa shape index (κ1) is 32.6. The Balaban J connectivity index is 0.00000115. The molecule has 8 atom stereocenters. The highest BCUT2D eigenvalue weighted by Crippen LogP contribution is 2.77. The second kappa shape index (κ2) is 11.4. The molecule has 1 saturated heterocycles. The van der Waals surface area contributed by atoms with Crippen LogP contribution in [0.15, 0.2) is 43.0 Å². The molecular weight excluding hydrogens is 554 g/mol. The van der Waals surface area contributed by atoms with Crippen molar-refractivity contribution in [2.24, 2.45) is 50.7 Å². The number of carboxylic acid groups (broad SMARTS) is 1. The molecule has 0 radical (unpaired) electrons. The van der Waals surface area contributed by atoms with Gasteiger partial charge in [0.15, 0.2) is 0 Å². The fourth-order valence-electron chi connectivity index (χ4n) is 13.1. The van der Waals surface area contributed by atoms with E-state index in [1.165, 1.54) is 68.9 Å². The van der Waals surface area contributed by atoms with E-state index in [2.05, 4.69) is 52.2 Å². The molecule has 1 aromatic carbocycles. The lowest BCUT2D eigenvalue weighted by Gasteiger charge is -2.72. The Bertz CT molecular complexity index is 1360. The van der Waals surface area contributed by atoms with Gasteiger partial charge < -0.3 is 10.0 Å². The summed E-state index contributed by atoms with van der Waals surface area (Å²) in [6.07, 6.45) is 19.3. The Morgan fingerprint density at radius 3 is 2.27 bits per heavy atom. The summed E-state index contributed by atoms with van der Waals surface area (Å²) in [4.78, 5) is 26.4. The van der Waals surface area contributed by atoms with Crippen LogP contribution in [0.1, 0.15) is 135 Å². The van der Waals surface area contributed by atoms with Crippen LogP contribution >= 0.6 is 0 Å². The molecule has 1 aromatic rings. The summed E-state index contributed by atoms with van der Waals surface area (Å²) in [6.45, 7) is 20.3. The molecule has 1 N–H and O–H groups in total. The van der Waals surface area contributed by atoms with Crippen molar-refractivity contribution in [2.45, 2.75) is 119 Å². The molecule has 4 nitrogen and oxygen atoms in total. The van der Waals surface area contributed by atoms with Gasteiger partial charge in [-0.05, 0) is 145 Å². The molecule has 6 aliphatic rings. The highest BCUT2D eigenvalue weighted by atomic mass is 16.4. The van der Waals surface area contributed by atoms with Crippen LogP contribution in [0.25, 0.3) is 5.57 Å². The van der Waals surface area contributed by atoms with Crippen LogP contribution in [0, 0.1) is 50.7 Å². The maximum Gasteiger partial charge on any atom is 0.335 e. The molecule has 0 bridgehead atoms. The molecule has 45 heavy (non-hydrogen) atoms. The van der Waals surface area contributed by atoms with Gasteiger partial charge in [-0.3, -0.25) is 4.79 Å². The number of likely N-dealkylation sites (tertiary alicyclic amines) is 1. The number of rotatable bonds is 4. The van der Waals surface area contributed by atoms with E-state index in [1.807, 2.05) is 19.1 Å². The highest BCUT2D eigenvalue weighted by Gasteiger charge is 2.69. The number of amides is 1. The number of hydrogen-bond donors (Lipinski definition) is 1. The largest absolute Gasteiger partial charge is 0.478 e. The summed E-state index contributed by atoms with van der Waals surface area (Å²) < 4.78 is 0. The average Bonchev–Trinajstić information content (AvgIpc) is 3.59. The van der Waals surface area contributed by atoms with Gasteiger partial charge in [-0.1, -0.05) is 65.3 Å². The third kappa shape index (κ3) is 4.81. The second-order valence-corrected chi connectivity index (χ2v) is 17.3. The number of carbonyl (C=O) groups is 2. The Labute approximate surface area is 273 Å². The van der Waals surface area contributed by atoms with Gasteiger partial charge in [-0.15, -0.1) is 6.58 Å². The second-order valence-electron chi connectivity index (χ2n) is 17.3. The lowest BCUT2D eigenvalue weighted by molar-refractivity contribution is -0.223. The van der Waals surface area contributed by atoms with Crippen molar-refractivity contribution in [3.8, 4) is 0 Å². The van der Waals surface area contributed by atoms with Crippen molar-refractivity contribution in [2.75, 3.05) is 13.1 Å². The van der Waals surface area contributed by atoms with Crippen molar-refractivity contribution in [1.82, 2.24) is 4.90 Å². The molecule has 0 spiro atoms. The van der Waals surface area contributed by atoms with E-state index >= 15 is 0 Å². The van der Waals surface area contributed by atoms with E-state index in [0.29, 0.717) is 33.6 Å². The zero-order chi connectivity index (χ0) is 32.4. The van der Waals surface area contributed by atoms with Crippen LogP contribution in [0.3, 0.4) is 0 Å². The van der Waals surface area contributed by atoms with Crippen molar-refractivity contribution in [3.63, 3.8) is 0 Å². The van der Waals surface area contributed by atoms with Crippen LogP contribution in [-0.2, 0) is 4.79 Å². The zero-order valence-corrected chi connectivity index (χ0v) is 29.1. The minimum atomic E-state index is -0.858. The molecule has 5 fully saturated rings. The maximum absolute atomic E-state index is 12.7. The van der Waals surface area contributed by atoms with E-state index < -0.39 is 5.97 Å². The fraction of sp³-hybridized carbons (Fsp3) is 0.707. The van der Waals surface area contributed by atoms with Crippen molar-refractivity contribution in [3.05, 3.63) is 54.1 Å². The van der Waals surface area contributed by atoms with E-state index in [-0.39, 0.29) is 10.8 Å². The number of hydrogen-bond acceptors (Lipinski definition) is 2. The summed E-state index contributed by atoms with van der Waals surface area (Å²) in [5.41, 5.74) is 4.39. The third-order valence-electron chi connectivity index (χ3n) is 15.2. The maximum atomic E-state index is 12.7. The monoisotopic (exact) mass is 613 g/mol. The quantitative estimate of drug-likeness (QED) is 0.344. The van der Waals surface area contributed by atoms with Crippen molar-refractivity contribution >= 4 is 17.4 Å². The Kier molecular flexibility index (Phi) is 8.26. The molecule has 1 heterocycles. The topological polar surface area (TPSA) is 57.6 Å². The normalized spacial score (nSPS) is 41.4. The third-order valence-corrected chi connectivity index (χ3v) is 15.2. The van der Waals surface area contributed by atoms with Crippen LogP contribution in [0.2, 0.25) is 0 Å². The van der Waals surface area contributed by atoms with Crippen LogP contribution < -0.4 is 0 Å². The molecule has 4 heteroatoms. The van der Waals surface area contributed by atoms with Gasteiger partial charge >= 0.3 is 5.97 Å². The molecule has 246 valence electrons. The SMILES string of the molecule is C=CC.CC1(C)C(c2ccc(C(=O)O)cc2)=CCC2(C)C1CCC1(C)C2CCC2C3CCCC3(CN3CCCC3=O)CC[C@]21C. The van der Waals surface area contributed by atoms with E-state index in [1.54, 1.807) is 18.2 Å². The van der Waals surface area contributed by atoms with E-state index in [0.717, 1.165) is 50.1 Å². The van der Waals surface area contributed by atoms with Gasteiger partial charge in [0.25, 0.3) is 0 Å². The van der Waals surface area contributed by atoms with Crippen LogP contribution in [-0.4, -0.2) is 35.0 Å². The van der Waals surface area contributed by atoms with Gasteiger partial charge in [0.2, 0.25) is 5.91 Å². The Hall–Kier alpha value is -2.36. The molecular formula is C41H59NO3. The van der Waals surface area contributed by atoms with Gasteiger partial charge in [0, 0.05) is 19.5 Å². The Morgan fingerprint density at radius 2 is 1.62 bits per heavy atom. The number of fused-ring (bicyclic) bond motifs is 7. The lowest BCUT2D eigenvalue weighted by atomic mass is 9.32. The molecule has 0 aromatic heterocycles. The number of aromatic carboxylic acids is 1. The van der Waals surface area contributed by atoms with Gasteiger partial charge in [-0.2, -0.15) is 0 Å². The number of carboxylic acids is 1.